The van der Waals surface area contributed by atoms with Gasteiger partial charge in [0.1, 0.15) is 11.5 Å². The molecule has 1 saturated heterocycles. The van der Waals surface area contributed by atoms with Gasteiger partial charge in [-0.2, -0.15) is 0 Å². The quantitative estimate of drug-likeness (QED) is 0.703. The van der Waals surface area contributed by atoms with Crippen LogP contribution in [0.3, 0.4) is 0 Å². The van der Waals surface area contributed by atoms with Crippen molar-refractivity contribution in [3.8, 4) is 11.5 Å². The van der Waals surface area contributed by atoms with Gasteiger partial charge in [0.25, 0.3) is 0 Å². The zero-order chi connectivity index (χ0) is 19.4. The summed E-state index contributed by atoms with van der Waals surface area (Å²) >= 11 is 6.20. The van der Waals surface area contributed by atoms with E-state index in [1.165, 1.54) is 0 Å². The molecule has 1 atom stereocenters. The van der Waals surface area contributed by atoms with Crippen molar-refractivity contribution in [3.63, 3.8) is 0 Å². The van der Waals surface area contributed by atoms with Crippen molar-refractivity contribution in [2.75, 3.05) is 20.8 Å². The maximum absolute atomic E-state index is 12.9. The molecule has 0 bridgehead atoms. The first-order valence-electron chi connectivity index (χ1n) is 9.30. The van der Waals surface area contributed by atoms with Crippen LogP contribution in [-0.2, 0) is 11.2 Å². The van der Waals surface area contributed by atoms with Crippen molar-refractivity contribution in [1.82, 2.24) is 4.90 Å². The lowest BCUT2D eigenvalue weighted by molar-refractivity contribution is -0.132. The predicted molar refractivity (Wildman–Crippen MR) is 108 cm³/mol. The molecule has 1 amide bonds. The smallest absolute Gasteiger partial charge is 0.223 e. The number of amides is 1. The minimum atomic E-state index is 0.0316. The van der Waals surface area contributed by atoms with Crippen molar-refractivity contribution in [3.05, 3.63) is 58.1 Å². The summed E-state index contributed by atoms with van der Waals surface area (Å²) in [5.41, 5.74) is 3.16. The average molecular weight is 388 g/mol. The maximum Gasteiger partial charge on any atom is 0.223 e. The summed E-state index contributed by atoms with van der Waals surface area (Å²) in [6.45, 7) is 2.76. The Hall–Kier alpha value is -2.20. The van der Waals surface area contributed by atoms with Crippen molar-refractivity contribution in [1.29, 1.82) is 0 Å². The van der Waals surface area contributed by atoms with Gasteiger partial charge in [-0.05, 0) is 61.6 Å². The normalized spacial score (nSPS) is 16.4. The van der Waals surface area contributed by atoms with E-state index in [0.717, 1.165) is 52.6 Å². The molecular formula is C22H26ClNO3. The third-order valence-electron chi connectivity index (χ3n) is 5.23. The molecule has 0 saturated carbocycles. The monoisotopic (exact) mass is 387 g/mol. The van der Waals surface area contributed by atoms with Gasteiger partial charge >= 0.3 is 0 Å². The summed E-state index contributed by atoms with van der Waals surface area (Å²) in [4.78, 5) is 14.9. The number of hydrogen-bond acceptors (Lipinski definition) is 3. The summed E-state index contributed by atoms with van der Waals surface area (Å²) in [7, 11) is 3.31. The molecule has 2 aromatic rings. The first-order chi connectivity index (χ1) is 13.0. The van der Waals surface area contributed by atoms with E-state index >= 15 is 0 Å². The standard InChI is InChI=1S/C22H26ClNO3/c1-15-6-7-16(13-19(15)23)8-11-22(25)24-12-4-5-20(24)18-14-17(26-2)9-10-21(18)27-3/h6-7,9-10,13-14,20H,4-5,8,11-12H2,1-3H3/t20-/m0/s1. The van der Waals surface area contributed by atoms with Crippen LogP contribution >= 0.6 is 11.6 Å². The number of likely N-dealkylation sites (tertiary alicyclic amines) is 1. The molecule has 0 N–H and O–H groups in total. The topological polar surface area (TPSA) is 38.8 Å². The Balaban J connectivity index is 1.74. The Morgan fingerprint density at radius 1 is 1.19 bits per heavy atom. The number of ether oxygens (including phenoxy) is 2. The van der Waals surface area contributed by atoms with E-state index in [9.17, 15) is 4.79 Å². The molecule has 144 valence electrons. The van der Waals surface area contributed by atoms with Gasteiger partial charge in [0, 0.05) is 23.6 Å². The second kappa shape index (κ2) is 8.66. The molecule has 3 rings (SSSR count). The van der Waals surface area contributed by atoms with Gasteiger partial charge in [0.15, 0.2) is 0 Å². The van der Waals surface area contributed by atoms with Crippen molar-refractivity contribution in [2.24, 2.45) is 0 Å². The molecule has 0 aromatic heterocycles. The molecule has 4 nitrogen and oxygen atoms in total. The van der Waals surface area contributed by atoms with E-state index in [-0.39, 0.29) is 11.9 Å². The van der Waals surface area contributed by atoms with Gasteiger partial charge < -0.3 is 14.4 Å². The fraction of sp³-hybridized carbons (Fsp3) is 0.409. The van der Waals surface area contributed by atoms with Crippen molar-refractivity contribution >= 4 is 17.5 Å². The van der Waals surface area contributed by atoms with E-state index in [0.29, 0.717) is 12.8 Å². The fourth-order valence-electron chi connectivity index (χ4n) is 3.68. The van der Waals surface area contributed by atoms with Crippen LogP contribution in [0.4, 0.5) is 0 Å². The number of halogens is 1. The van der Waals surface area contributed by atoms with E-state index in [1.807, 2.05) is 48.2 Å². The third kappa shape index (κ3) is 4.38. The number of hydrogen-bond donors (Lipinski definition) is 0. The van der Waals surface area contributed by atoms with Gasteiger partial charge in [-0.25, -0.2) is 0 Å². The highest BCUT2D eigenvalue weighted by Gasteiger charge is 2.31. The lowest BCUT2D eigenvalue weighted by atomic mass is 10.0. The molecule has 1 fully saturated rings. The number of nitrogens with zero attached hydrogens (tertiary/aromatic N) is 1. The van der Waals surface area contributed by atoms with Crippen LogP contribution in [0.2, 0.25) is 5.02 Å². The number of methoxy groups -OCH3 is 2. The van der Waals surface area contributed by atoms with E-state index in [1.54, 1.807) is 14.2 Å². The first kappa shape index (κ1) is 19.6. The first-order valence-corrected chi connectivity index (χ1v) is 9.67. The van der Waals surface area contributed by atoms with Crippen LogP contribution in [0.5, 0.6) is 11.5 Å². The van der Waals surface area contributed by atoms with E-state index in [2.05, 4.69) is 0 Å². The van der Waals surface area contributed by atoms with E-state index < -0.39 is 0 Å². The van der Waals surface area contributed by atoms with Gasteiger partial charge in [-0.3, -0.25) is 4.79 Å². The highest BCUT2D eigenvalue weighted by molar-refractivity contribution is 6.31. The number of carbonyl (C=O) groups excluding carboxylic acids is 1. The largest absolute Gasteiger partial charge is 0.497 e. The molecule has 5 heteroatoms. The minimum absolute atomic E-state index is 0.0316. The molecule has 1 aliphatic rings. The van der Waals surface area contributed by atoms with Crippen molar-refractivity contribution in [2.45, 2.75) is 38.6 Å². The highest BCUT2D eigenvalue weighted by atomic mass is 35.5. The van der Waals surface area contributed by atoms with Crippen LogP contribution in [-0.4, -0.2) is 31.6 Å². The molecule has 0 spiro atoms. The lowest BCUT2D eigenvalue weighted by Crippen LogP contribution is -2.31. The molecular weight excluding hydrogens is 362 g/mol. The molecule has 0 aliphatic carbocycles. The Bertz CT molecular complexity index is 821. The Labute approximate surface area is 166 Å². The van der Waals surface area contributed by atoms with Gasteiger partial charge in [0.2, 0.25) is 5.91 Å². The van der Waals surface area contributed by atoms with Crippen molar-refractivity contribution < 1.29 is 14.3 Å². The summed E-state index contributed by atoms with van der Waals surface area (Å²) < 4.78 is 10.9. The van der Waals surface area contributed by atoms with Crippen LogP contribution in [0.15, 0.2) is 36.4 Å². The molecule has 0 unspecified atom stereocenters. The van der Waals surface area contributed by atoms with E-state index in [4.69, 9.17) is 21.1 Å². The van der Waals surface area contributed by atoms with Gasteiger partial charge in [-0.1, -0.05) is 23.7 Å². The van der Waals surface area contributed by atoms with Gasteiger partial charge in [0.05, 0.1) is 20.3 Å². The second-order valence-corrected chi connectivity index (χ2v) is 7.34. The average Bonchev–Trinajstić information content (AvgIpc) is 3.17. The minimum Gasteiger partial charge on any atom is -0.497 e. The summed E-state index contributed by atoms with van der Waals surface area (Å²) in [6.07, 6.45) is 3.10. The fourth-order valence-corrected chi connectivity index (χ4v) is 3.88. The van der Waals surface area contributed by atoms with Gasteiger partial charge in [-0.15, -0.1) is 0 Å². The summed E-state index contributed by atoms with van der Waals surface area (Å²) in [5, 5.41) is 0.750. The molecule has 2 aromatic carbocycles. The zero-order valence-electron chi connectivity index (χ0n) is 16.1. The number of benzene rings is 2. The summed E-state index contributed by atoms with van der Waals surface area (Å²) in [5.74, 6) is 1.74. The SMILES string of the molecule is COc1ccc(OC)c([C@@H]2CCCN2C(=O)CCc2ccc(C)c(Cl)c2)c1. The molecule has 1 heterocycles. The molecule has 27 heavy (non-hydrogen) atoms. The zero-order valence-corrected chi connectivity index (χ0v) is 16.9. The lowest BCUT2D eigenvalue weighted by Gasteiger charge is -2.27. The van der Waals surface area contributed by atoms with Crippen LogP contribution in [0, 0.1) is 6.92 Å². The van der Waals surface area contributed by atoms with Crippen LogP contribution in [0.1, 0.15) is 42.0 Å². The van der Waals surface area contributed by atoms with Crippen LogP contribution < -0.4 is 9.47 Å². The Kier molecular flexibility index (Phi) is 6.27. The number of carbonyl (C=O) groups is 1. The predicted octanol–water partition coefficient (Wildman–Crippen LogP) is 4.96. The summed E-state index contributed by atoms with van der Waals surface area (Å²) in [6, 6.07) is 11.8. The molecule has 0 radical (unpaired) electrons. The highest BCUT2D eigenvalue weighted by Crippen LogP contribution is 2.39. The molecule has 1 aliphatic heterocycles. The number of aryl methyl sites for hydroxylation is 2. The Morgan fingerprint density at radius 2 is 2.00 bits per heavy atom. The maximum atomic E-state index is 12.9. The Morgan fingerprint density at radius 3 is 2.70 bits per heavy atom. The number of rotatable bonds is 6. The second-order valence-electron chi connectivity index (χ2n) is 6.94. The van der Waals surface area contributed by atoms with Crippen LogP contribution in [0.25, 0.3) is 0 Å². The third-order valence-corrected chi connectivity index (χ3v) is 5.64.